The number of carbonyl (C=O) groups is 2. The lowest BCUT2D eigenvalue weighted by Crippen LogP contribution is -2.37. The first-order chi connectivity index (χ1) is 16.6. The number of benzene rings is 1. The third-order valence-electron chi connectivity index (χ3n) is 5.15. The van der Waals surface area contributed by atoms with E-state index >= 15 is 0 Å². The van der Waals surface area contributed by atoms with Gasteiger partial charge in [-0.3, -0.25) is 0 Å². The first kappa shape index (κ1) is 24.0. The van der Waals surface area contributed by atoms with Crippen molar-refractivity contribution in [2.24, 2.45) is 0 Å². The van der Waals surface area contributed by atoms with Crippen LogP contribution in [-0.2, 0) is 14.3 Å². The van der Waals surface area contributed by atoms with E-state index in [0.717, 1.165) is 12.1 Å². The lowest BCUT2D eigenvalue weighted by Gasteiger charge is -2.21. The lowest BCUT2D eigenvalue weighted by molar-refractivity contribution is -0.200. The number of rotatable bonds is 7. The van der Waals surface area contributed by atoms with Gasteiger partial charge in [-0.2, -0.15) is 28.2 Å². The first-order valence-electron chi connectivity index (χ1n) is 10.2. The van der Waals surface area contributed by atoms with Crippen molar-refractivity contribution >= 4 is 28.9 Å². The molecular formula is C20H17F4N5O6. The number of esters is 1. The molecule has 0 aliphatic carbocycles. The largest absolute Gasteiger partial charge is 0.493 e. The molecule has 0 radical (unpaired) electrons. The molecular weight excluding hydrogens is 482 g/mol. The average molecular weight is 499 g/mol. The number of carboxylic acid groups (broad SMARTS) is 1. The molecule has 2 aromatic heterocycles. The van der Waals surface area contributed by atoms with E-state index in [4.69, 9.17) is 4.74 Å². The number of hydrogen-bond donors (Lipinski definition) is 2. The molecule has 1 aliphatic heterocycles. The number of alkyl halides is 3. The monoisotopic (exact) mass is 499 g/mol. The Balaban J connectivity index is 1.65. The second-order valence-corrected chi connectivity index (χ2v) is 7.42. The number of ether oxygens (including phenoxy) is 2. The van der Waals surface area contributed by atoms with E-state index in [1.165, 1.54) is 21.8 Å². The van der Waals surface area contributed by atoms with Crippen molar-refractivity contribution < 1.29 is 46.8 Å². The molecule has 0 saturated carbocycles. The van der Waals surface area contributed by atoms with E-state index in [1.54, 1.807) is 0 Å². The Hall–Kier alpha value is -4.17. The third kappa shape index (κ3) is 4.88. The Morgan fingerprint density at radius 3 is 2.69 bits per heavy atom. The number of fused-ring (bicyclic) bond motifs is 1. The summed E-state index contributed by atoms with van der Waals surface area (Å²) in [6, 6.07) is 2.39. The van der Waals surface area contributed by atoms with Gasteiger partial charge in [0, 0.05) is 12.6 Å². The maximum absolute atomic E-state index is 13.9. The molecule has 1 atom stereocenters. The summed E-state index contributed by atoms with van der Waals surface area (Å²) in [6.07, 6.45) is -2.99. The topological polar surface area (TPSA) is 140 Å². The van der Waals surface area contributed by atoms with Crippen molar-refractivity contribution in [3.63, 3.8) is 0 Å². The molecule has 3 aromatic rings. The molecule has 186 valence electrons. The Morgan fingerprint density at radius 1 is 1.20 bits per heavy atom. The predicted octanol–water partition coefficient (Wildman–Crippen LogP) is 2.20. The number of halogens is 4. The zero-order valence-electron chi connectivity index (χ0n) is 17.7. The van der Waals surface area contributed by atoms with E-state index in [1.807, 2.05) is 0 Å². The van der Waals surface area contributed by atoms with E-state index < -0.39 is 49.1 Å². The minimum Gasteiger partial charge on any atom is -0.493 e. The minimum absolute atomic E-state index is 0.0449. The summed E-state index contributed by atoms with van der Waals surface area (Å²) >= 11 is 0. The van der Waals surface area contributed by atoms with Crippen molar-refractivity contribution in [2.75, 3.05) is 24.7 Å². The number of aromatic hydroxyl groups is 1. The minimum atomic E-state index is -5.16. The maximum Gasteiger partial charge on any atom is 0.490 e. The number of aromatic nitrogens is 4. The fourth-order valence-electron chi connectivity index (χ4n) is 3.60. The van der Waals surface area contributed by atoms with E-state index in [-0.39, 0.29) is 28.4 Å². The summed E-state index contributed by atoms with van der Waals surface area (Å²) in [6.45, 7) is -0.943. The first-order valence-corrected chi connectivity index (χ1v) is 10.2. The van der Waals surface area contributed by atoms with Gasteiger partial charge in [0.05, 0.1) is 6.20 Å². The molecule has 2 N–H and O–H groups in total. The highest BCUT2D eigenvalue weighted by atomic mass is 19.4. The van der Waals surface area contributed by atoms with Gasteiger partial charge in [0.2, 0.25) is 11.8 Å². The molecule has 0 bridgehead atoms. The average Bonchev–Trinajstić information content (AvgIpc) is 3.44. The van der Waals surface area contributed by atoms with E-state index in [2.05, 4.69) is 19.8 Å². The van der Waals surface area contributed by atoms with Crippen LogP contribution in [0.4, 0.5) is 23.5 Å². The van der Waals surface area contributed by atoms with E-state index in [0.29, 0.717) is 19.4 Å². The van der Waals surface area contributed by atoms with Crippen LogP contribution >= 0.6 is 0 Å². The molecule has 1 aromatic carbocycles. The van der Waals surface area contributed by atoms with Crippen LogP contribution in [0, 0.1) is 5.82 Å². The number of nitrogens with zero attached hydrogens (tertiary/aromatic N) is 5. The summed E-state index contributed by atoms with van der Waals surface area (Å²) in [4.78, 5) is 32.1. The summed E-state index contributed by atoms with van der Waals surface area (Å²) in [5.41, 5.74) is 0.146. The highest BCUT2D eigenvalue weighted by Gasteiger charge is 2.40. The Bertz CT molecular complexity index is 1280. The van der Waals surface area contributed by atoms with Gasteiger partial charge >= 0.3 is 18.1 Å². The van der Waals surface area contributed by atoms with Gasteiger partial charge in [0.1, 0.15) is 41.9 Å². The number of aliphatic carboxylic acids is 1. The predicted molar refractivity (Wildman–Crippen MR) is 109 cm³/mol. The molecule has 35 heavy (non-hydrogen) atoms. The molecule has 0 spiro atoms. The molecule has 15 heteroatoms. The zero-order valence-corrected chi connectivity index (χ0v) is 17.7. The van der Waals surface area contributed by atoms with Crippen molar-refractivity contribution in [1.29, 1.82) is 0 Å². The van der Waals surface area contributed by atoms with Gasteiger partial charge in [0.25, 0.3) is 0 Å². The third-order valence-corrected chi connectivity index (χ3v) is 5.15. The smallest absolute Gasteiger partial charge is 0.490 e. The number of carboxylic acids is 1. The number of anilines is 1. The quantitative estimate of drug-likeness (QED) is 0.282. The fraction of sp³-hybridized carbons (Fsp3) is 0.350. The van der Waals surface area contributed by atoms with Crippen LogP contribution in [0.15, 0.2) is 24.4 Å². The summed E-state index contributed by atoms with van der Waals surface area (Å²) < 4.78 is 61.2. The van der Waals surface area contributed by atoms with Crippen LogP contribution in [-0.4, -0.2) is 73.9 Å². The number of carbonyl (C=O) groups excluding carboxylic acids is 1. The van der Waals surface area contributed by atoms with Crippen molar-refractivity contribution in [1.82, 2.24) is 19.7 Å². The van der Waals surface area contributed by atoms with Crippen LogP contribution in [0.5, 0.6) is 11.6 Å². The molecule has 1 saturated heterocycles. The van der Waals surface area contributed by atoms with Crippen molar-refractivity contribution in [2.45, 2.75) is 25.1 Å². The number of hydrogen-bond acceptors (Lipinski definition) is 9. The molecule has 11 nitrogen and oxygen atoms in total. The molecule has 1 fully saturated rings. The van der Waals surface area contributed by atoms with Crippen LogP contribution in [0.25, 0.3) is 16.7 Å². The lowest BCUT2D eigenvalue weighted by atomic mass is 10.2. The standard InChI is InChI=1S/C20H17F4N5O6/c21-10-3-4-12(14(8-10)34-6-7-35-18(33)20(22,23)24)29-15-11(9-25-29)16(30)27-19(26-15)28-5-1-2-13(28)17(31)32/h3-4,8-9,13H,1-2,5-7H2,(H,31,32)(H,26,27,30)/t13-/m0/s1. The molecule has 1 aliphatic rings. The highest BCUT2D eigenvalue weighted by Crippen LogP contribution is 2.32. The SMILES string of the molecule is O=C(O)[C@@H]1CCCN1c1nc(O)c2cnn(-c3ccc(F)cc3OCCOC(=O)C(F)(F)F)c2n1. The van der Waals surface area contributed by atoms with Gasteiger partial charge in [0.15, 0.2) is 5.65 Å². The van der Waals surface area contributed by atoms with Gasteiger partial charge in [-0.25, -0.2) is 18.7 Å². The van der Waals surface area contributed by atoms with Gasteiger partial charge in [-0.05, 0) is 25.0 Å². The van der Waals surface area contributed by atoms with Crippen LogP contribution in [0.2, 0.25) is 0 Å². The summed E-state index contributed by atoms with van der Waals surface area (Å²) in [5, 5.41) is 24.0. The summed E-state index contributed by atoms with van der Waals surface area (Å²) in [7, 11) is 0. The van der Waals surface area contributed by atoms with Crippen molar-refractivity contribution in [3.8, 4) is 17.3 Å². The molecule has 0 amide bonds. The van der Waals surface area contributed by atoms with Gasteiger partial charge in [-0.15, -0.1) is 0 Å². The Kier molecular flexibility index (Phi) is 6.32. The molecule has 0 unspecified atom stereocenters. The molecule has 4 rings (SSSR count). The van der Waals surface area contributed by atoms with E-state index in [9.17, 15) is 37.4 Å². The highest BCUT2D eigenvalue weighted by molar-refractivity contribution is 5.84. The van der Waals surface area contributed by atoms with Crippen LogP contribution in [0.3, 0.4) is 0 Å². The van der Waals surface area contributed by atoms with Crippen molar-refractivity contribution in [3.05, 3.63) is 30.2 Å². The second-order valence-electron chi connectivity index (χ2n) is 7.42. The van der Waals surface area contributed by atoms with Gasteiger partial charge < -0.3 is 24.6 Å². The van der Waals surface area contributed by atoms with Crippen LogP contribution < -0.4 is 9.64 Å². The fourth-order valence-corrected chi connectivity index (χ4v) is 3.60. The zero-order chi connectivity index (χ0) is 25.3. The second kappa shape index (κ2) is 9.23. The normalized spacial score (nSPS) is 16.0. The Labute approximate surface area is 193 Å². The molecule has 3 heterocycles. The summed E-state index contributed by atoms with van der Waals surface area (Å²) in [5.74, 6) is -4.87. The van der Waals surface area contributed by atoms with Crippen LogP contribution in [0.1, 0.15) is 12.8 Å². The maximum atomic E-state index is 13.9. The van der Waals surface area contributed by atoms with Gasteiger partial charge in [-0.1, -0.05) is 0 Å². The Morgan fingerprint density at radius 2 is 1.97 bits per heavy atom.